The van der Waals surface area contributed by atoms with E-state index in [0.29, 0.717) is 6.54 Å². The molecular formula is C17H15N3OS. The average molecular weight is 309 g/mol. The van der Waals surface area contributed by atoms with Crippen molar-refractivity contribution < 1.29 is 4.79 Å². The Labute approximate surface area is 132 Å². The number of anilines is 1. The van der Waals surface area contributed by atoms with Crippen LogP contribution in [-0.4, -0.2) is 15.7 Å². The minimum atomic E-state index is -0.138. The highest BCUT2D eigenvalue weighted by Crippen LogP contribution is 2.16. The summed E-state index contributed by atoms with van der Waals surface area (Å²) in [6, 6.07) is 13.6. The molecule has 0 bridgehead atoms. The Morgan fingerprint density at radius 3 is 2.91 bits per heavy atom. The van der Waals surface area contributed by atoms with E-state index in [1.165, 1.54) is 0 Å². The van der Waals surface area contributed by atoms with E-state index in [1.54, 1.807) is 23.6 Å². The number of nitrogens with zero attached hydrogens (tertiary/aromatic N) is 2. The highest BCUT2D eigenvalue weighted by molar-refractivity contribution is 7.10. The Bertz CT molecular complexity index is 761. The van der Waals surface area contributed by atoms with Gasteiger partial charge in [-0.1, -0.05) is 24.3 Å². The summed E-state index contributed by atoms with van der Waals surface area (Å²) in [6.45, 7) is 0.623. The molecule has 22 heavy (non-hydrogen) atoms. The second-order valence-corrected chi connectivity index (χ2v) is 5.68. The number of carbonyl (C=O) groups excluding carboxylic acids is 1. The lowest BCUT2D eigenvalue weighted by Gasteiger charge is -2.09. The Morgan fingerprint density at radius 2 is 2.14 bits per heavy atom. The predicted octanol–water partition coefficient (Wildman–Crippen LogP) is 3.64. The lowest BCUT2D eigenvalue weighted by molar-refractivity contribution is -0.111. The number of amides is 1. The molecule has 1 aromatic carbocycles. The molecule has 0 radical (unpaired) electrons. The summed E-state index contributed by atoms with van der Waals surface area (Å²) in [5.74, 6) is -0.138. The number of para-hydroxylation sites is 1. The molecule has 2 heterocycles. The summed E-state index contributed by atoms with van der Waals surface area (Å²) < 4.78 is 1.83. The number of carbonyl (C=O) groups is 1. The van der Waals surface area contributed by atoms with Crippen molar-refractivity contribution in [3.05, 3.63) is 76.8 Å². The summed E-state index contributed by atoms with van der Waals surface area (Å²) in [5.41, 5.74) is 1.82. The molecule has 0 aliphatic rings. The van der Waals surface area contributed by atoms with E-state index in [1.807, 2.05) is 64.8 Å². The monoisotopic (exact) mass is 309 g/mol. The van der Waals surface area contributed by atoms with Gasteiger partial charge in [0, 0.05) is 29.0 Å². The van der Waals surface area contributed by atoms with Crippen LogP contribution in [0, 0.1) is 0 Å². The topological polar surface area (TPSA) is 46.9 Å². The van der Waals surface area contributed by atoms with Gasteiger partial charge in [-0.2, -0.15) is 5.10 Å². The van der Waals surface area contributed by atoms with E-state index in [0.717, 1.165) is 16.1 Å². The molecule has 1 amide bonds. The van der Waals surface area contributed by atoms with Gasteiger partial charge in [-0.3, -0.25) is 9.48 Å². The molecular weight excluding hydrogens is 294 g/mol. The van der Waals surface area contributed by atoms with Crippen molar-refractivity contribution in [1.82, 2.24) is 9.78 Å². The smallest absolute Gasteiger partial charge is 0.248 e. The van der Waals surface area contributed by atoms with Gasteiger partial charge in [0.15, 0.2) is 0 Å². The normalized spacial score (nSPS) is 10.9. The lowest BCUT2D eigenvalue weighted by Crippen LogP contribution is -2.11. The van der Waals surface area contributed by atoms with Crippen molar-refractivity contribution in [3.63, 3.8) is 0 Å². The van der Waals surface area contributed by atoms with Gasteiger partial charge in [-0.25, -0.2) is 0 Å². The molecule has 110 valence electrons. The molecule has 0 spiro atoms. The van der Waals surface area contributed by atoms with Crippen LogP contribution < -0.4 is 5.32 Å². The maximum absolute atomic E-state index is 12.0. The quantitative estimate of drug-likeness (QED) is 0.731. The number of hydrogen-bond acceptors (Lipinski definition) is 3. The van der Waals surface area contributed by atoms with Gasteiger partial charge in [0.2, 0.25) is 5.91 Å². The van der Waals surface area contributed by atoms with Crippen molar-refractivity contribution in [3.8, 4) is 0 Å². The van der Waals surface area contributed by atoms with E-state index in [9.17, 15) is 4.79 Å². The molecule has 0 fully saturated rings. The first-order valence-electron chi connectivity index (χ1n) is 6.89. The standard InChI is InChI=1S/C17H15N3OS/c21-17(9-8-15-6-3-12-22-15)19-16-7-2-1-5-14(16)13-20-11-4-10-18-20/h1-12H,13H2,(H,19,21)/b9-8+. The molecule has 5 heteroatoms. The third-order valence-corrected chi connectivity index (χ3v) is 3.95. The summed E-state index contributed by atoms with van der Waals surface area (Å²) in [7, 11) is 0. The SMILES string of the molecule is O=C(/C=C/c1cccs1)Nc1ccccc1Cn1cccn1. The fourth-order valence-electron chi connectivity index (χ4n) is 2.07. The molecule has 0 aliphatic carbocycles. The molecule has 3 aromatic rings. The minimum Gasteiger partial charge on any atom is -0.322 e. The molecule has 0 saturated carbocycles. The zero-order valence-corrected chi connectivity index (χ0v) is 12.7. The lowest BCUT2D eigenvalue weighted by atomic mass is 10.1. The van der Waals surface area contributed by atoms with Gasteiger partial charge in [0.1, 0.15) is 0 Å². The molecule has 0 unspecified atom stereocenters. The zero-order valence-electron chi connectivity index (χ0n) is 11.8. The van der Waals surface area contributed by atoms with Gasteiger partial charge in [0.25, 0.3) is 0 Å². The summed E-state index contributed by atoms with van der Waals surface area (Å²) in [4.78, 5) is 13.1. The first kappa shape index (κ1) is 14.3. The molecule has 2 aromatic heterocycles. The van der Waals surface area contributed by atoms with Crippen LogP contribution in [-0.2, 0) is 11.3 Å². The maximum atomic E-state index is 12.0. The Kier molecular flexibility index (Phi) is 4.46. The molecule has 4 nitrogen and oxygen atoms in total. The second-order valence-electron chi connectivity index (χ2n) is 4.70. The summed E-state index contributed by atoms with van der Waals surface area (Å²) in [6.07, 6.45) is 7.01. The maximum Gasteiger partial charge on any atom is 0.248 e. The molecule has 3 rings (SSSR count). The molecule has 1 N–H and O–H groups in total. The first-order valence-corrected chi connectivity index (χ1v) is 7.77. The van der Waals surface area contributed by atoms with Crippen LogP contribution in [0.3, 0.4) is 0 Å². The van der Waals surface area contributed by atoms with Crippen LogP contribution in [0.4, 0.5) is 5.69 Å². The zero-order chi connectivity index (χ0) is 15.2. The highest BCUT2D eigenvalue weighted by Gasteiger charge is 2.05. The van der Waals surface area contributed by atoms with E-state index in [-0.39, 0.29) is 5.91 Å². The number of rotatable bonds is 5. The van der Waals surface area contributed by atoms with Crippen LogP contribution in [0.25, 0.3) is 6.08 Å². The number of thiophene rings is 1. The fraction of sp³-hybridized carbons (Fsp3) is 0.0588. The Hall–Kier alpha value is -2.66. The van der Waals surface area contributed by atoms with E-state index in [2.05, 4.69) is 10.4 Å². The van der Waals surface area contributed by atoms with Crippen molar-refractivity contribution in [2.75, 3.05) is 5.32 Å². The predicted molar refractivity (Wildman–Crippen MR) is 89.8 cm³/mol. The van der Waals surface area contributed by atoms with Crippen LogP contribution in [0.15, 0.2) is 66.3 Å². The van der Waals surface area contributed by atoms with E-state index >= 15 is 0 Å². The third kappa shape index (κ3) is 3.71. The third-order valence-electron chi connectivity index (χ3n) is 3.11. The minimum absolute atomic E-state index is 0.138. The van der Waals surface area contributed by atoms with E-state index in [4.69, 9.17) is 0 Å². The highest BCUT2D eigenvalue weighted by atomic mass is 32.1. The largest absolute Gasteiger partial charge is 0.322 e. The van der Waals surface area contributed by atoms with Gasteiger partial charge in [-0.05, 0) is 35.2 Å². The van der Waals surface area contributed by atoms with Gasteiger partial charge < -0.3 is 5.32 Å². The van der Waals surface area contributed by atoms with Gasteiger partial charge in [0.05, 0.1) is 6.54 Å². The Morgan fingerprint density at radius 1 is 1.23 bits per heavy atom. The van der Waals surface area contributed by atoms with Gasteiger partial charge in [-0.15, -0.1) is 11.3 Å². The Balaban J connectivity index is 1.70. The summed E-state index contributed by atoms with van der Waals surface area (Å²) >= 11 is 1.60. The molecule has 0 saturated heterocycles. The van der Waals surface area contributed by atoms with Crippen molar-refractivity contribution >= 4 is 29.0 Å². The van der Waals surface area contributed by atoms with Crippen molar-refractivity contribution in [1.29, 1.82) is 0 Å². The van der Waals surface area contributed by atoms with Gasteiger partial charge >= 0.3 is 0 Å². The number of benzene rings is 1. The number of aromatic nitrogens is 2. The van der Waals surface area contributed by atoms with Crippen LogP contribution in [0.1, 0.15) is 10.4 Å². The van der Waals surface area contributed by atoms with E-state index < -0.39 is 0 Å². The molecule has 0 atom stereocenters. The number of hydrogen-bond donors (Lipinski definition) is 1. The first-order chi connectivity index (χ1) is 10.8. The van der Waals surface area contributed by atoms with Crippen LogP contribution in [0.5, 0.6) is 0 Å². The average Bonchev–Trinajstić information content (AvgIpc) is 3.20. The molecule has 0 aliphatic heterocycles. The van der Waals surface area contributed by atoms with Crippen molar-refractivity contribution in [2.24, 2.45) is 0 Å². The fourth-order valence-corrected chi connectivity index (χ4v) is 2.68. The van der Waals surface area contributed by atoms with Crippen LogP contribution >= 0.6 is 11.3 Å². The second kappa shape index (κ2) is 6.87. The van der Waals surface area contributed by atoms with Crippen LogP contribution in [0.2, 0.25) is 0 Å². The number of nitrogens with one attached hydrogen (secondary N) is 1. The summed E-state index contributed by atoms with van der Waals surface area (Å²) in [5, 5.41) is 9.10. The van der Waals surface area contributed by atoms with Crippen molar-refractivity contribution in [2.45, 2.75) is 6.54 Å².